The van der Waals surface area contributed by atoms with Gasteiger partial charge in [-0.15, -0.1) is 0 Å². The van der Waals surface area contributed by atoms with Gasteiger partial charge in [0.05, 0.1) is 35.1 Å². The number of halogens is 2. The van der Waals surface area contributed by atoms with E-state index in [1.165, 1.54) is 13.0 Å². The van der Waals surface area contributed by atoms with Crippen LogP contribution in [-0.2, 0) is 13.0 Å². The van der Waals surface area contributed by atoms with E-state index in [1.54, 1.807) is 22.9 Å². The molecule has 2 heterocycles. The van der Waals surface area contributed by atoms with Crippen molar-refractivity contribution in [2.45, 2.75) is 46.3 Å². The van der Waals surface area contributed by atoms with Crippen LogP contribution in [-0.4, -0.2) is 27.2 Å². The van der Waals surface area contributed by atoms with Gasteiger partial charge in [0.15, 0.2) is 23.2 Å². The average molecular weight is 477 g/mol. The first kappa shape index (κ1) is 24.3. The van der Waals surface area contributed by atoms with Gasteiger partial charge in [-0.05, 0) is 62.2 Å². The highest BCUT2D eigenvalue weighted by molar-refractivity contribution is 6.16. The Morgan fingerprint density at radius 1 is 1.03 bits per heavy atom. The van der Waals surface area contributed by atoms with E-state index in [4.69, 9.17) is 4.74 Å². The van der Waals surface area contributed by atoms with Crippen molar-refractivity contribution in [1.82, 2.24) is 9.55 Å². The van der Waals surface area contributed by atoms with Gasteiger partial charge in [0.1, 0.15) is 5.75 Å². The van der Waals surface area contributed by atoms with Crippen LogP contribution in [0.15, 0.2) is 60.8 Å². The molecule has 0 aliphatic rings. The van der Waals surface area contributed by atoms with E-state index in [1.807, 2.05) is 38.1 Å². The van der Waals surface area contributed by atoms with Crippen molar-refractivity contribution in [2.24, 2.45) is 0 Å². The standard InChI is InChI=1S/C28H26F2N2O3/c1-17(2)35-21-9-10-22-25(15-21)32(16-20-6-4-5-13-31-20)28(18(3)33)27(22)26(34)12-8-19-7-11-23(29)24(30)14-19/h4-7,9-11,13-15,17H,8,12,16H2,1-3H3. The first-order valence-electron chi connectivity index (χ1n) is 11.5. The molecular weight excluding hydrogens is 450 g/mol. The van der Waals surface area contributed by atoms with E-state index in [9.17, 15) is 18.4 Å². The molecule has 2 aromatic heterocycles. The molecule has 0 unspecified atom stereocenters. The number of nitrogens with zero attached hydrogens (tertiary/aromatic N) is 2. The van der Waals surface area contributed by atoms with Gasteiger partial charge in [-0.1, -0.05) is 12.1 Å². The number of fused-ring (bicyclic) bond motifs is 1. The molecule has 2 aromatic carbocycles. The molecule has 0 amide bonds. The van der Waals surface area contributed by atoms with Crippen LogP contribution in [0.25, 0.3) is 10.9 Å². The largest absolute Gasteiger partial charge is 0.491 e. The summed E-state index contributed by atoms with van der Waals surface area (Å²) in [5, 5.41) is 0.637. The number of carbonyl (C=O) groups is 2. The van der Waals surface area contributed by atoms with Gasteiger partial charge in [-0.25, -0.2) is 8.78 Å². The molecule has 180 valence electrons. The number of pyridine rings is 1. The number of Topliss-reactive ketones (excluding diaryl/α,β-unsaturated/α-hetero) is 2. The quantitative estimate of drug-likeness (QED) is 0.271. The zero-order valence-electron chi connectivity index (χ0n) is 19.8. The third-order valence-corrected chi connectivity index (χ3v) is 5.69. The maximum absolute atomic E-state index is 13.6. The van der Waals surface area contributed by atoms with Gasteiger partial charge < -0.3 is 9.30 Å². The van der Waals surface area contributed by atoms with Crippen LogP contribution in [0.4, 0.5) is 8.78 Å². The SMILES string of the molecule is CC(=O)c1c(C(=O)CCc2ccc(F)c(F)c2)c2ccc(OC(C)C)cc2n1Cc1ccccn1. The summed E-state index contributed by atoms with van der Waals surface area (Å²) < 4.78 is 34.6. The second kappa shape index (κ2) is 10.2. The van der Waals surface area contributed by atoms with E-state index in [2.05, 4.69) is 4.98 Å². The number of hydrogen-bond donors (Lipinski definition) is 0. The Labute approximate surface area is 202 Å². The summed E-state index contributed by atoms with van der Waals surface area (Å²) in [7, 11) is 0. The zero-order valence-corrected chi connectivity index (χ0v) is 19.8. The highest BCUT2D eigenvalue weighted by atomic mass is 19.2. The first-order valence-corrected chi connectivity index (χ1v) is 11.5. The van der Waals surface area contributed by atoms with Gasteiger partial charge in [-0.3, -0.25) is 14.6 Å². The van der Waals surface area contributed by atoms with Gasteiger partial charge in [0, 0.05) is 31.0 Å². The monoisotopic (exact) mass is 476 g/mol. The van der Waals surface area contributed by atoms with E-state index in [-0.39, 0.29) is 30.5 Å². The lowest BCUT2D eigenvalue weighted by molar-refractivity contribution is 0.0959. The fourth-order valence-corrected chi connectivity index (χ4v) is 4.22. The minimum atomic E-state index is -0.955. The third-order valence-electron chi connectivity index (χ3n) is 5.69. The second-order valence-electron chi connectivity index (χ2n) is 8.70. The molecule has 35 heavy (non-hydrogen) atoms. The predicted molar refractivity (Wildman–Crippen MR) is 130 cm³/mol. The fraction of sp³-hybridized carbons (Fsp3) is 0.250. The molecule has 0 aliphatic carbocycles. The summed E-state index contributed by atoms with van der Waals surface area (Å²) in [4.78, 5) is 30.7. The topological polar surface area (TPSA) is 61.2 Å². The number of benzene rings is 2. The van der Waals surface area contributed by atoms with E-state index in [0.29, 0.717) is 40.0 Å². The van der Waals surface area contributed by atoms with Crippen molar-refractivity contribution in [1.29, 1.82) is 0 Å². The molecule has 0 saturated carbocycles. The number of aromatic nitrogens is 2. The van der Waals surface area contributed by atoms with Crippen molar-refractivity contribution in [3.8, 4) is 5.75 Å². The number of ketones is 2. The Bertz CT molecular complexity index is 1390. The highest BCUT2D eigenvalue weighted by Gasteiger charge is 2.26. The normalized spacial score (nSPS) is 11.3. The van der Waals surface area contributed by atoms with E-state index >= 15 is 0 Å². The summed E-state index contributed by atoms with van der Waals surface area (Å²) in [6.07, 6.45) is 1.89. The van der Waals surface area contributed by atoms with Crippen LogP contribution in [0, 0.1) is 11.6 Å². The van der Waals surface area contributed by atoms with Crippen molar-refractivity contribution in [3.05, 3.63) is 94.9 Å². The maximum atomic E-state index is 13.6. The predicted octanol–water partition coefficient (Wildman–Crippen LogP) is 6.17. The summed E-state index contributed by atoms with van der Waals surface area (Å²) >= 11 is 0. The summed E-state index contributed by atoms with van der Waals surface area (Å²) in [5.41, 5.74) is 2.55. The van der Waals surface area contributed by atoms with Crippen LogP contribution in [0.2, 0.25) is 0 Å². The summed E-state index contributed by atoms with van der Waals surface area (Å²) in [6, 6.07) is 14.5. The number of ether oxygens (including phenoxy) is 1. The molecule has 4 rings (SSSR count). The molecule has 0 radical (unpaired) electrons. The van der Waals surface area contributed by atoms with Crippen LogP contribution in [0.3, 0.4) is 0 Å². The van der Waals surface area contributed by atoms with Gasteiger partial charge in [0.25, 0.3) is 0 Å². The molecule has 0 N–H and O–H groups in total. The number of rotatable bonds is 9. The maximum Gasteiger partial charge on any atom is 0.176 e. The van der Waals surface area contributed by atoms with Crippen LogP contribution in [0.5, 0.6) is 5.75 Å². The van der Waals surface area contributed by atoms with Crippen molar-refractivity contribution in [3.63, 3.8) is 0 Å². The Hall–Kier alpha value is -3.87. The number of carbonyl (C=O) groups excluding carboxylic acids is 2. The molecule has 5 nitrogen and oxygen atoms in total. The molecular formula is C28H26F2N2O3. The Kier molecular flexibility index (Phi) is 7.05. The zero-order chi connectivity index (χ0) is 25.1. The molecule has 0 fully saturated rings. The minimum absolute atomic E-state index is 0.0400. The highest BCUT2D eigenvalue weighted by Crippen LogP contribution is 2.32. The second-order valence-corrected chi connectivity index (χ2v) is 8.70. The molecule has 0 atom stereocenters. The number of aryl methyl sites for hydroxylation is 1. The third kappa shape index (κ3) is 5.29. The lowest BCUT2D eigenvalue weighted by Crippen LogP contribution is -2.13. The van der Waals surface area contributed by atoms with Gasteiger partial charge in [0.2, 0.25) is 0 Å². The van der Waals surface area contributed by atoms with Crippen molar-refractivity contribution >= 4 is 22.5 Å². The van der Waals surface area contributed by atoms with Crippen LogP contribution >= 0.6 is 0 Å². The van der Waals surface area contributed by atoms with Gasteiger partial charge >= 0.3 is 0 Å². The molecule has 0 bridgehead atoms. The minimum Gasteiger partial charge on any atom is -0.491 e. The Morgan fingerprint density at radius 3 is 2.49 bits per heavy atom. The molecule has 0 spiro atoms. The van der Waals surface area contributed by atoms with E-state index in [0.717, 1.165) is 17.8 Å². The fourth-order valence-electron chi connectivity index (χ4n) is 4.22. The Morgan fingerprint density at radius 2 is 1.83 bits per heavy atom. The van der Waals surface area contributed by atoms with Crippen LogP contribution < -0.4 is 4.74 Å². The molecule has 7 heteroatoms. The Balaban J connectivity index is 1.80. The molecule has 0 saturated heterocycles. The lowest BCUT2D eigenvalue weighted by atomic mass is 9.99. The summed E-state index contributed by atoms with van der Waals surface area (Å²) in [6.45, 7) is 5.57. The van der Waals surface area contributed by atoms with E-state index < -0.39 is 11.6 Å². The number of hydrogen-bond acceptors (Lipinski definition) is 4. The first-order chi connectivity index (χ1) is 16.7. The molecule has 4 aromatic rings. The van der Waals surface area contributed by atoms with Crippen molar-refractivity contribution < 1.29 is 23.1 Å². The average Bonchev–Trinajstić information content (AvgIpc) is 3.13. The summed E-state index contributed by atoms with van der Waals surface area (Å²) in [5.74, 6) is -1.76. The van der Waals surface area contributed by atoms with Crippen LogP contribution in [0.1, 0.15) is 59.3 Å². The van der Waals surface area contributed by atoms with Gasteiger partial charge in [-0.2, -0.15) is 0 Å². The van der Waals surface area contributed by atoms with Crippen molar-refractivity contribution in [2.75, 3.05) is 0 Å². The smallest absolute Gasteiger partial charge is 0.176 e. The lowest BCUT2D eigenvalue weighted by Gasteiger charge is -2.12. The molecule has 0 aliphatic heterocycles.